The van der Waals surface area contributed by atoms with Gasteiger partial charge in [0.05, 0.1) is 18.9 Å². The van der Waals surface area contributed by atoms with Gasteiger partial charge in [-0.25, -0.2) is 4.98 Å². The lowest BCUT2D eigenvalue weighted by atomic mass is 10.1. The molecule has 27 heavy (non-hydrogen) atoms. The van der Waals surface area contributed by atoms with Gasteiger partial charge in [-0.15, -0.1) is 11.3 Å². The Balaban J connectivity index is 1.48. The number of hydrogen-bond acceptors (Lipinski definition) is 6. The Morgan fingerprint density at radius 1 is 1.26 bits per heavy atom. The van der Waals surface area contributed by atoms with Crippen molar-refractivity contribution in [1.82, 2.24) is 14.9 Å². The molecule has 2 aliphatic rings. The van der Waals surface area contributed by atoms with Gasteiger partial charge in [0.15, 0.2) is 0 Å². The van der Waals surface area contributed by atoms with E-state index >= 15 is 0 Å². The lowest BCUT2D eigenvalue weighted by Gasteiger charge is -2.32. The second kappa shape index (κ2) is 8.67. The van der Waals surface area contributed by atoms with Crippen LogP contribution in [-0.4, -0.2) is 47.3 Å². The summed E-state index contributed by atoms with van der Waals surface area (Å²) in [5.74, 6) is 1.69. The first-order valence-corrected chi connectivity index (χ1v) is 10.9. The van der Waals surface area contributed by atoms with Gasteiger partial charge in [0.2, 0.25) is 5.88 Å². The van der Waals surface area contributed by atoms with Crippen LogP contribution in [0.3, 0.4) is 0 Å². The monoisotopic (exact) mass is 387 g/mol. The van der Waals surface area contributed by atoms with Crippen LogP contribution >= 0.6 is 11.3 Å². The summed E-state index contributed by atoms with van der Waals surface area (Å²) in [6.45, 7) is 8.88. The molecule has 5 nitrogen and oxygen atoms in total. The fraction of sp³-hybridized carbons (Fsp3) is 0.619. The Labute approximate surface area is 165 Å². The summed E-state index contributed by atoms with van der Waals surface area (Å²) in [7, 11) is 0. The van der Waals surface area contributed by atoms with Crippen molar-refractivity contribution < 1.29 is 9.47 Å². The summed E-state index contributed by atoms with van der Waals surface area (Å²) < 4.78 is 12.1. The number of nitrogens with zero attached hydrogens (tertiary/aromatic N) is 3. The molecule has 1 saturated heterocycles. The summed E-state index contributed by atoms with van der Waals surface area (Å²) >= 11 is 1.90. The van der Waals surface area contributed by atoms with Crippen LogP contribution in [0.25, 0.3) is 0 Å². The number of fused-ring (bicyclic) bond motifs is 1. The van der Waals surface area contributed by atoms with E-state index in [0.29, 0.717) is 0 Å². The molecule has 146 valence electrons. The number of ether oxygens (including phenoxy) is 2. The maximum Gasteiger partial charge on any atom is 0.220 e. The van der Waals surface area contributed by atoms with Crippen LogP contribution in [0.5, 0.6) is 5.88 Å². The minimum atomic E-state index is 0.202. The van der Waals surface area contributed by atoms with E-state index < -0.39 is 0 Å². The summed E-state index contributed by atoms with van der Waals surface area (Å²) in [5, 5.41) is 0. The van der Waals surface area contributed by atoms with Crippen molar-refractivity contribution in [3.05, 3.63) is 39.0 Å². The normalized spacial score (nSPS) is 20.9. The first kappa shape index (κ1) is 18.8. The number of rotatable bonds is 5. The predicted octanol–water partition coefficient (Wildman–Crippen LogP) is 3.57. The molecule has 4 heterocycles. The van der Waals surface area contributed by atoms with Crippen LogP contribution in [0.15, 0.2) is 12.1 Å². The molecule has 4 rings (SSSR count). The van der Waals surface area contributed by atoms with Crippen molar-refractivity contribution in [1.29, 1.82) is 0 Å². The molecule has 1 unspecified atom stereocenters. The van der Waals surface area contributed by atoms with Crippen LogP contribution in [-0.2, 0) is 30.5 Å². The van der Waals surface area contributed by atoms with Crippen LogP contribution in [0, 0.1) is 6.92 Å². The lowest BCUT2D eigenvalue weighted by molar-refractivity contribution is 0.0799. The molecule has 1 atom stereocenters. The molecule has 2 aromatic heterocycles. The summed E-state index contributed by atoms with van der Waals surface area (Å²) in [4.78, 5) is 14.8. The first-order chi connectivity index (χ1) is 13.2. The smallest absolute Gasteiger partial charge is 0.220 e. The SMILES string of the molecule is CCc1nc2c(c(OC3CCCN(Cc4ccc(C)s4)C3)n1)CCOCC2. The average molecular weight is 388 g/mol. The van der Waals surface area contributed by atoms with E-state index in [1.807, 2.05) is 11.3 Å². The maximum absolute atomic E-state index is 6.48. The van der Waals surface area contributed by atoms with Crippen molar-refractivity contribution in [2.75, 3.05) is 26.3 Å². The molecule has 0 saturated carbocycles. The third-order valence-corrected chi connectivity index (χ3v) is 6.30. The first-order valence-electron chi connectivity index (χ1n) is 10.1. The molecular weight excluding hydrogens is 358 g/mol. The van der Waals surface area contributed by atoms with Gasteiger partial charge in [-0.3, -0.25) is 4.90 Å². The zero-order valence-corrected chi connectivity index (χ0v) is 17.2. The zero-order chi connectivity index (χ0) is 18.6. The van der Waals surface area contributed by atoms with Gasteiger partial charge >= 0.3 is 0 Å². The summed E-state index contributed by atoms with van der Waals surface area (Å²) in [6.07, 6.45) is 5.00. The fourth-order valence-corrected chi connectivity index (χ4v) is 4.85. The molecule has 2 aliphatic heterocycles. The summed E-state index contributed by atoms with van der Waals surface area (Å²) in [5.41, 5.74) is 2.28. The van der Waals surface area contributed by atoms with Crippen LogP contribution in [0.1, 0.15) is 46.6 Å². The molecule has 0 amide bonds. The third-order valence-electron chi connectivity index (χ3n) is 5.31. The van der Waals surface area contributed by atoms with Gasteiger partial charge in [0.25, 0.3) is 0 Å². The highest BCUT2D eigenvalue weighted by Crippen LogP contribution is 2.27. The second-order valence-corrected chi connectivity index (χ2v) is 8.84. The Kier molecular flexibility index (Phi) is 6.05. The Hall–Kier alpha value is -1.50. The van der Waals surface area contributed by atoms with Crippen molar-refractivity contribution in [3.8, 4) is 5.88 Å². The number of thiophene rings is 1. The molecule has 0 bridgehead atoms. The predicted molar refractivity (Wildman–Crippen MR) is 108 cm³/mol. The average Bonchev–Trinajstić information content (AvgIpc) is 2.92. The number of hydrogen-bond donors (Lipinski definition) is 0. The molecule has 1 fully saturated rings. The van der Waals surface area contributed by atoms with Crippen LogP contribution < -0.4 is 4.74 Å². The van der Waals surface area contributed by atoms with E-state index in [4.69, 9.17) is 19.4 Å². The highest BCUT2D eigenvalue weighted by atomic mass is 32.1. The second-order valence-electron chi connectivity index (χ2n) is 7.47. The van der Waals surface area contributed by atoms with Crippen molar-refractivity contribution in [2.45, 2.75) is 58.6 Å². The third kappa shape index (κ3) is 4.68. The molecule has 0 N–H and O–H groups in total. The Morgan fingerprint density at radius 2 is 2.15 bits per heavy atom. The number of likely N-dealkylation sites (tertiary alicyclic amines) is 1. The van der Waals surface area contributed by atoms with Crippen molar-refractivity contribution in [3.63, 3.8) is 0 Å². The highest BCUT2D eigenvalue weighted by molar-refractivity contribution is 7.11. The Morgan fingerprint density at radius 3 is 2.96 bits per heavy atom. The van der Waals surface area contributed by atoms with E-state index in [0.717, 1.165) is 81.5 Å². The molecule has 0 aromatic carbocycles. The molecule has 0 spiro atoms. The number of piperidine rings is 1. The molecule has 6 heteroatoms. The van der Waals surface area contributed by atoms with Gasteiger partial charge in [-0.1, -0.05) is 6.92 Å². The van der Waals surface area contributed by atoms with E-state index in [1.54, 1.807) is 0 Å². The Bertz CT molecular complexity index is 777. The topological polar surface area (TPSA) is 47.5 Å². The minimum absolute atomic E-state index is 0.202. The van der Waals surface area contributed by atoms with E-state index in [-0.39, 0.29) is 6.10 Å². The van der Waals surface area contributed by atoms with Gasteiger partial charge in [0, 0.05) is 47.7 Å². The lowest BCUT2D eigenvalue weighted by Crippen LogP contribution is -2.40. The number of aromatic nitrogens is 2. The maximum atomic E-state index is 6.48. The van der Waals surface area contributed by atoms with Gasteiger partial charge < -0.3 is 9.47 Å². The van der Waals surface area contributed by atoms with E-state index in [9.17, 15) is 0 Å². The van der Waals surface area contributed by atoms with Crippen molar-refractivity contribution in [2.24, 2.45) is 0 Å². The largest absolute Gasteiger partial charge is 0.473 e. The standard InChI is InChI=1S/C21H29N3O2S/c1-3-20-22-19-9-12-25-11-8-18(19)21(23-20)26-16-5-4-10-24(13-16)14-17-7-6-15(2)27-17/h6-7,16H,3-5,8-14H2,1-2H3. The van der Waals surface area contributed by atoms with Gasteiger partial charge in [-0.05, 0) is 38.4 Å². The van der Waals surface area contributed by atoms with Gasteiger partial charge in [-0.2, -0.15) is 4.98 Å². The highest BCUT2D eigenvalue weighted by Gasteiger charge is 2.25. The summed E-state index contributed by atoms with van der Waals surface area (Å²) in [6, 6.07) is 4.46. The quantitative estimate of drug-likeness (QED) is 0.785. The van der Waals surface area contributed by atoms with E-state index in [2.05, 4.69) is 30.9 Å². The molecule has 0 radical (unpaired) electrons. The molecular formula is C21H29N3O2S. The number of aryl methyl sites for hydroxylation is 2. The fourth-order valence-electron chi connectivity index (χ4n) is 3.92. The molecule has 2 aromatic rings. The zero-order valence-electron chi connectivity index (χ0n) is 16.4. The van der Waals surface area contributed by atoms with Crippen LogP contribution in [0.2, 0.25) is 0 Å². The van der Waals surface area contributed by atoms with E-state index in [1.165, 1.54) is 16.2 Å². The van der Waals surface area contributed by atoms with Crippen molar-refractivity contribution >= 4 is 11.3 Å². The van der Waals surface area contributed by atoms with Gasteiger partial charge in [0.1, 0.15) is 11.9 Å². The minimum Gasteiger partial charge on any atom is -0.473 e. The molecule has 0 aliphatic carbocycles. The van der Waals surface area contributed by atoms with Crippen LogP contribution in [0.4, 0.5) is 0 Å².